The van der Waals surface area contributed by atoms with Gasteiger partial charge >= 0.3 is 7.82 Å². The number of piperidine rings is 1. The molecule has 33 heavy (non-hydrogen) atoms. The van der Waals surface area contributed by atoms with Gasteiger partial charge in [-0.3, -0.25) is 14.6 Å². The first-order valence-electron chi connectivity index (χ1n) is 10.1. The largest absolute Gasteiger partial charge is 0.524 e. The van der Waals surface area contributed by atoms with Gasteiger partial charge in [0.05, 0.1) is 10.5 Å². The van der Waals surface area contributed by atoms with Crippen LogP contribution in [0.5, 0.6) is 11.5 Å². The Kier molecular flexibility index (Phi) is 6.11. The highest BCUT2D eigenvalue weighted by atomic mass is 35.5. The van der Waals surface area contributed by atoms with Crippen molar-refractivity contribution in [2.24, 2.45) is 0 Å². The van der Waals surface area contributed by atoms with E-state index in [4.69, 9.17) is 20.5 Å². The number of phenolic OH excluding ortho intramolecular Hbond substituents is 1. The lowest BCUT2D eigenvalue weighted by atomic mass is 9.65. The normalized spacial score (nSPS) is 21.9. The smallest absolute Gasteiger partial charge is 0.507 e. The molecule has 0 radical (unpaired) electrons. The molecule has 12 heteroatoms. The summed E-state index contributed by atoms with van der Waals surface area (Å²) in [6, 6.07) is 8.84. The maximum atomic E-state index is 13.0. The lowest BCUT2D eigenvalue weighted by Crippen LogP contribution is -2.52. The highest BCUT2D eigenvalue weighted by Gasteiger charge is 2.42. The van der Waals surface area contributed by atoms with Crippen molar-refractivity contribution in [2.75, 3.05) is 20.1 Å². The topological polar surface area (TPSA) is 141 Å². The predicted molar refractivity (Wildman–Crippen MR) is 126 cm³/mol. The van der Waals surface area contributed by atoms with E-state index in [1.165, 1.54) is 6.07 Å². The molecule has 2 unspecified atom stereocenters. The molecule has 0 amide bonds. The number of nitrogens with zero attached hydrogens (tertiary/aromatic N) is 1. The fourth-order valence-corrected chi connectivity index (χ4v) is 5.13. The number of benzene rings is 2. The number of phenols is 1. The summed E-state index contributed by atoms with van der Waals surface area (Å²) in [4.78, 5) is 33.9. The monoisotopic (exact) mass is 493 g/mol. The lowest BCUT2D eigenvalue weighted by molar-refractivity contribution is 0.0261. The Morgan fingerprint density at radius 2 is 2.00 bits per heavy atom. The average molecular weight is 494 g/mol. The second-order valence-electron chi connectivity index (χ2n) is 8.48. The molecule has 1 fully saturated rings. The van der Waals surface area contributed by atoms with Crippen molar-refractivity contribution in [2.45, 2.75) is 17.8 Å². The second-order valence-corrected chi connectivity index (χ2v) is 10.1. The maximum Gasteiger partial charge on any atom is 0.524 e. The highest BCUT2D eigenvalue weighted by molar-refractivity contribution is 7.46. The molecule has 2 heterocycles. The first kappa shape index (κ1) is 23.8. The molecule has 2 aromatic carbocycles. The van der Waals surface area contributed by atoms with E-state index in [-0.39, 0.29) is 34.6 Å². The van der Waals surface area contributed by atoms with Crippen molar-refractivity contribution in [3.63, 3.8) is 0 Å². The van der Waals surface area contributed by atoms with Gasteiger partial charge in [0.15, 0.2) is 5.43 Å². The van der Waals surface area contributed by atoms with Gasteiger partial charge in [0.2, 0.25) is 0 Å². The van der Waals surface area contributed by atoms with Gasteiger partial charge in [-0.2, -0.15) is 0 Å². The molecule has 0 aliphatic carbocycles. The summed E-state index contributed by atoms with van der Waals surface area (Å²) in [5, 5.41) is 21.9. The van der Waals surface area contributed by atoms with Gasteiger partial charge in [-0.1, -0.05) is 23.7 Å². The number of aromatic hydroxyl groups is 1. The summed E-state index contributed by atoms with van der Waals surface area (Å²) < 4.78 is 22.7. The number of phosphoric ester groups is 1. The lowest BCUT2D eigenvalue weighted by Gasteiger charge is -2.42. The minimum atomic E-state index is -5.05. The summed E-state index contributed by atoms with van der Waals surface area (Å²) in [5.41, 5.74) is -1.56. The van der Waals surface area contributed by atoms with Gasteiger partial charge in [0, 0.05) is 35.7 Å². The van der Waals surface area contributed by atoms with Crippen LogP contribution in [-0.4, -0.2) is 58.4 Å². The van der Waals surface area contributed by atoms with Gasteiger partial charge in [-0.05, 0) is 32.1 Å². The van der Waals surface area contributed by atoms with Crippen molar-refractivity contribution in [1.29, 1.82) is 0 Å². The number of phosphoric acid groups is 1. The Morgan fingerprint density at radius 1 is 1.30 bits per heavy atom. The third-order valence-electron chi connectivity index (χ3n) is 5.83. The van der Waals surface area contributed by atoms with Gasteiger partial charge in [-0.15, -0.1) is 0 Å². The van der Waals surface area contributed by atoms with Crippen LogP contribution in [0.3, 0.4) is 0 Å². The molecule has 0 spiro atoms. The van der Waals surface area contributed by atoms with Crippen LogP contribution < -0.4 is 9.95 Å². The standard InChI is InChI=1S/C21H22BClNO8P/c1-24-7-6-12(21(22,27)10-24)18-17(32-33(28,29)30)9-15(26)19-14(25)8-16(31-20(18)19)11-4-2-3-5-13(11)23/h2-5,8-9,12,26-27H,6-7,10,22H2,1H3,(H2,28,29,30). The average Bonchev–Trinajstić information content (AvgIpc) is 2.67. The summed E-state index contributed by atoms with van der Waals surface area (Å²) in [6.07, 6.45) is 0.376. The number of hydrogen-bond acceptors (Lipinski definition) is 7. The molecule has 1 saturated heterocycles. The van der Waals surface area contributed by atoms with Gasteiger partial charge < -0.3 is 24.1 Å². The summed E-state index contributed by atoms with van der Waals surface area (Å²) in [6.45, 7) is 0.816. The van der Waals surface area contributed by atoms with Crippen molar-refractivity contribution in [3.8, 4) is 22.8 Å². The number of halogens is 1. The van der Waals surface area contributed by atoms with E-state index < -0.39 is 30.4 Å². The number of likely N-dealkylation sites (N-methyl/N-ethyl adjacent to an activating group) is 1. The molecule has 174 valence electrons. The molecule has 2 atom stereocenters. The number of hydrogen-bond donors (Lipinski definition) is 4. The van der Waals surface area contributed by atoms with E-state index in [9.17, 15) is 29.4 Å². The Labute approximate surface area is 194 Å². The summed E-state index contributed by atoms with van der Waals surface area (Å²) >= 11 is 6.28. The zero-order chi connectivity index (χ0) is 24.1. The third kappa shape index (κ3) is 4.68. The molecule has 3 aromatic rings. The minimum absolute atomic E-state index is 0.0928. The zero-order valence-electron chi connectivity index (χ0n) is 17.9. The van der Waals surface area contributed by atoms with Crippen molar-refractivity contribution in [1.82, 2.24) is 4.90 Å². The Bertz CT molecular complexity index is 1340. The quantitative estimate of drug-likeness (QED) is 0.317. The highest BCUT2D eigenvalue weighted by Crippen LogP contribution is 2.49. The fourth-order valence-electron chi connectivity index (χ4n) is 4.49. The SMILES string of the molecule is BC1(O)CN(C)CCC1c1c(OP(=O)(O)O)cc(O)c2c(=O)cc(-c3ccccc3Cl)oc12. The van der Waals surface area contributed by atoms with Crippen LogP contribution in [0, 0.1) is 0 Å². The van der Waals surface area contributed by atoms with Crippen molar-refractivity contribution < 1.29 is 33.5 Å². The van der Waals surface area contributed by atoms with Crippen LogP contribution in [0.25, 0.3) is 22.3 Å². The Balaban J connectivity index is 2.08. The van der Waals surface area contributed by atoms with Crippen molar-refractivity contribution in [3.05, 3.63) is 57.2 Å². The first-order valence-corrected chi connectivity index (χ1v) is 12.0. The van der Waals surface area contributed by atoms with E-state index in [1.807, 2.05) is 11.9 Å². The van der Waals surface area contributed by atoms with E-state index in [0.717, 1.165) is 6.07 Å². The number of fused-ring (bicyclic) bond motifs is 1. The van der Waals surface area contributed by atoms with Gasteiger partial charge in [0.1, 0.15) is 36.1 Å². The molecule has 9 nitrogen and oxygen atoms in total. The number of aliphatic hydroxyl groups is 1. The third-order valence-corrected chi connectivity index (χ3v) is 6.59. The molecular weight excluding hydrogens is 471 g/mol. The Morgan fingerprint density at radius 3 is 2.64 bits per heavy atom. The molecular formula is C21H22BClNO8P. The van der Waals surface area contributed by atoms with Crippen LogP contribution in [0.1, 0.15) is 17.9 Å². The first-order chi connectivity index (χ1) is 15.4. The molecule has 0 saturated carbocycles. The number of rotatable bonds is 4. The number of likely N-dealkylation sites (tertiary alicyclic amines) is 1. The molecule has 1 aliphatic rings. The maximum absolute atomic E-state index is 13.0. The zero-order valence-corrected chi connectivity index (χ0v) is 19.5. The van der Waals surface area contributed by atoms with Crippen LogP contribution in [0.4, 0.5) is 0 Å². The van der Waals surface area contributed by atoms with E-state index in [1.54, 1.807) is 32.1 Å². The number of β-amino-alcohol motifs (C(OH)–C–C–N with tert-alkyl or cyclic N) is 1. The summed E-state index contributed by atoms with van der Waals surface area (Å²) in [5.74, 6) is -1.56. The van der Waals surface area contributed by atoms with Crippen LogP contribution in [-0.2, 0) is 4.57 Å². The molecule has 4 N–H and O–H groups in total. The van der Waals surface area contributed by atoms with Gasteiger partial charge in [-0.25, -0.2) is 4.57 Å². The van der Waals surface area contributed by atoms with Crippen molar-refractivity contribution >= 4 is 38.2 Å². The van der Waals surface area contributed by atoms with Crippen LogP contribution in [0.2, 0.25) is 5.02 Å². The van der Waals surface area contributed by atoms with E-state index in [0.29, 0.717) is 23.6 Å². The Hall–Kier alpha value is -2.33. The van der Waals surface area contributed by atoms with E-state index >= 15 is 0 Å². The second kappa shape index (κ2) is 8.47. The molecule has 0 bridgehead atoms. The van der Waals surface area contributed by atoms with Gasteiger partial charge in [0.25, 0.3) is 0 Å². The van der Waals surface area contributed by atoms with E-state index in [2.05, 4.69) is 0 Å². The molecule has 1 aliphatic heterocycles. The van der Waals surface area contributed by atoms with Crippen LogP contribution in [0.15, 0.2) is 45.6 Å². The minimum Gasteiger partial charge on any atom is -0.507 e. The predicted octanol–water partition coefficient (Wildman–Crippen LogP) is 2.03. The fraction of sp³-hybridized carbons (Fsp3) is 0.286. The summed E-state index contributed by atoms with van der Waals surface area (Å²) in [7, 11) is -1.63. The van der Waals surface area contributed by atoms with Crippen LogP contribution >= 0.6 is 19.4 Å². The molecule has 4 rings (SSSR count). The molecule has 1 aromatic heterocycles.